The SMILES string of the molecule is C=CC(=O)O/C=C\Oc1ccc(-c2ccc(O/C=C\OC(=O)C(=C)C)cc2C(F)(F)F)cc1. The van der Waals surface area contributed by atoms with Crippen molar-refractivity contribution in [1.82, 2.24) is 0 Å². The summed E-state index contributed by atoms with van der Waals surface area (Å²) in [5.74, 6) is -1.15. The second kappa shape index (κ2) is 11.4. The van der Waals surface area contributed by atoms with E-state index >= 15 is 0 Å². The summed E-state index contributed by atoms with van der Waals surface area (Å²) >= 11 is 0. The molecule has 0 atom stereocenters. The highest BCUT2D eigenvalue weighted by molar-refractivity contribution is 5.87. The summed E-state index contributed by atoms with van der Waals surface area (Å²) in [5.41, 5.74) is -0.548. The zero-order chi connectivity index (χ0) is 24.4. The fourth-order valence-corrected chi connectivity index (χ4v) is 2.34. The van der Waals surface area contributed by atoms with Gasteiger partial charge in [0.25, 0.3) is 0 Å². The standard InChI is InChI=1S/C24H19F3O6/c1-4-22(28)32-13-11-30-18-7-5-17(6-8-18)20-10-9-19(15-21(20)24(25,26)27)31-12-14-33-23(29)16(2)3/h4-15H,1-2H2,3H3/b13-11-,14-12-. The molecule has 0 aliphatic rings. The lowest BCUT2D eigenvalue weighted by Crippen LogP contribution is -2.07. The first-order chi connectivity index (χ1) is 15.6. The number of carbonyl (C=O) groups excluding carboxylic acids is 2. The van der Waals surface area contributed by atoms with Crippen LogP contribution in [-0.4, -0.2) is 11.9 Å². The monoisotopic (exact) mass is 460 g/mol. The fraction of sp³-hybridized carbons (Fsp3) is 0.0833. The van der Waals surface area contributed by atoms with Crippen molar-refractivity contribution >= 4 is 11.9 Å². The van der Waals surface area contributed by atoms with E-state index in [1.165, 1.54) is 43.3 Å². The van der Waals surface area contributed by atoms with E-state index in [9.17, 15) is 22.8 Å². The van der Waals surface area contributed by atoms with Crippen molar-refractivity contribution in [1.29, 1.82) is 0 Å². The normalized spacial score (nSPS) is 11.3. The topological polar surface area (TPSA) is 71.1 Å². The van der Waals surface area contributed by atoms with Crippen LogP contribution in [0.2, 0.25) is 0 Å². The number of carbonyl (C=O) groups is 2. The molecule has 0 aliphatic heterocycles. The minimum absolute atomic E-state index is 0.0745. The molecule has 2 aromatic carbocycles. The molecule has 0 heterocycles. The molecule has 0 radical (unpaired) electrons. The van der Waals surface area contributed by atoms with Gasteiger partial charge in [-0.25, -0.2) is 9.59 Å². The van der Waals surface area contributed by atoms with E-state index in [1.54, 1.807) is 0 Å². The van der Waals surface area contributed by atoms with Gasteiger partial charge in [-0.3, -0.25) is 0 Å². The first kappa shape index (κ1) is 25.0. The Morgan fingerprint density at radius 3 is 2.03 bits per heavy atom. The highest BCUT2D eigenvalue weighted by atomic mass is 19.4. The van der Waals surface area contributed by atoms with E-state index in [2.05, 4.69) is 22.6 Å². The third kappa shape index (κ3) is 7.73. The van der Waals surface area contributed by atoms with Gasteiger partial charge in [-0.15, -0.1) is 0 Å². The number of ether oxygens (including phenoxy) is 4. The molecule has 0 aromatic heterocycles. The van der Waals surface area contributed by atoms with Crippen LogP contribution < -0.4 is 9.47 Å². The average Bonchev–Trinajstić information content (AvgIpc) is 2.79. The average molecular weight is 460 g/mol. The summed E-state index contributed by atoms with van der Waals surface area (Å²) in [6.07, 6.45) is 0.281. The molecule has 2 aromatic rings. The minimum atomic E-state index is -4.65. The van der Waals surface area contributed by atoms with Gasteiger partial charge in [0.2, 0.25) is 0 Å². The molecule has 9 heteroatoms. The van der Waals surface area contributed by atoms with Crippen LogP contribution in [0.1, 0.15) is 12.5 Å². The minimum Gasteiger partial charge on any atom is -0.462 e. The molecule has 0 N–H and O–H groups in total. The largest absolute Gasteiger partial charge is 0.462 e. The Hall–Kier alpha value is -4.27. The Labute approximate surface area is 187 Å². The lowest BCUT2D eigenvalue weighted by molar-refractivity contribution is -0.137. The quantitative estimate of drug-likeness (QED) is 0.263. The molecule has 0 amide bonds. The maximum Gasteiger partial charge on any atom is 0.417 e. The van der Waals surface area contributed by atoms with Gasteiger partial charge in [0, 0.05) is 11.6 Å². The highest BCUT2D eigenvalue weighted by Crippen LogP contribution is 2.39. The van der Waals surface area contributed by atoms with Crippen molar-refractivity contribution < 1.29 is 41.7 Å². The second-order valence-corrected chi connectivity index (χ2v) is 6.34. The zero-order valence-corrected chi connectivity index (χ0v) is 17.4. The molecule has 0 saturated carbocycles. The molecule has 2 rings (SSSR count). The number of benzene rings is 2. The van der Waals surface area contributed by atoms with E-state index in [1.807, 2.05) is 0 Å². The summed E-state index contributed by atoms with van der Waals surface area (Å²) < 4.78 is 60.5. The van der Waals surface area contributed by atoms with E-state index in [-0.39, 0.29) is 22.4 Å². The van der Waals surface area contributed by atoms with Crippen LogP contribution in [0, 0.1) is 0 Å². The van der Waals surface area contributed by atoms with Gasteiger partial charge in [-0.2, -0.15) is 13.2 Å². The van der Waals surface area contributed by atoms with Crippen LogP contribution in [0.15, 0.2) is 92.3 Å². The van der Waals surface area contributed by atoms with Crippen molar-refractivity contribution in [3.05, 3.63) is 97.9 Å². The smallest absolute Gasteiger partial charge is 0.417 e. The molecule has 33 heavy (non-hydrogen) atoms. The van der Waals surface area contributed by atoms with Crippen molar-refractivity contribution in [3.63, 3.8) is 0 Å². The van der Waals surface area contributed by atoms with Gasteiger partial charge >= 0.3 is 18.1 Å². The van der Waals surface area contributed by atoms with Gasteiger partial charge in [0.1, 0.15) is 36.5 Å². The number of hydrogen-bond acceptors (Lipinski definition) is 6. The zero-order valence-electron chi connectivity index (χ0n) is 17.4. The number of halogens is 3. The van der Waals surface area contributed by atoms with Crippen molar-refractivity contribution in [3.8, 4) is 22.6 Å². The molecule has 0 aliphatic carbocycles. The predicted molar refractivity (Wildman–Crippen MR) is 114 cm³/mol. The highest BCUT2D eigenvalue weighted by Gasteiger charge is 2.34. The summed E-state index contributed by atoms with van der Waals surface area (Å²) in [5, 5.41) is 0. The number of rotatable bonds is 9. The maximum absolute atomic E-state index is 13.6. The summed E-state index contributed by atoms with van der Waals surface area (Å²) in [4.78, 5) is 22.2. The van der Waals surface area contributed by atoms with Crippen LogP contribution in [0.5, 0.6) is 11.5 Å². The summed E-state index contributed by atoms with van der Waals surface area (Å²) in [6.45, 7) is 8.08. The van der Waals surface area contributed by atoms with E-state index in [0.717, 1.165) is 37.2 Å². The van der Waals surface area contributed by atoms with E-state index in [0.29, 0.717) is 5.75 Å². The molecule has 0 unspecified atom stereocenters. The van der Waals surface area contributed by atoms with E-state index < -0.39 is 23.7 Å². The first-order valence-corrected chi connectivity index (χ1v) is 9.26. The fourth-order valence-electron chi connectivity index (χ4n) is 2.34. The third-order valence-electron chi connectivity index (χ3n) is 3.86. The van der Waals surface area contributed by atoms with Crippen LogP contribution in [-0.2, 0) is 25.2 Å². The molecule has 0 spiro atoms. The number of esters is 2. The molecular weight excluding hydrogens is 441 g/mol. The van der Waals surface area contributed by atoms with Gasteiger partial charge in [0.15, 0.2) is 0 Å². The van der Waals surface area contributed by atoms with Crippen LogP contribution in [0.4, 0.5) is 13.2 Å². The van der Waals surface area contributed by atoms with Crippen LogP contribution >= 0.6 is 0 Å². The summed E-state index contributed by atoms with van der Waals surface area (Å²) in [7, 11) is 0. The molecule has 0 fully saturated rings. The number of hydrogen-bond donors (Lipinski definition) is 0. The summed E-state index contributed by atoms with van der Waals surface area (Å²) in [6, 6.07) is 9.24. The molecule has 6 nitrogen and oxygen atoms in total. The maximum atomic E-state index is 13.6. The van der Waals surface area contributed by atoms with Crippen LogP contribution in [0.25, 0.3) is 11.1 Å². The van der Waals surface area contributed by atoms with Gasteiger partial charge < -0.3 is 18.9 Å². The second-order valence-electron chi connectivity index (χ2n) is 6.34. The van der Waals surface area contributed by atoms with Gasteiger partial charge in [-0.05, 0) is 42.3 Å². The molecular formula is C24H19F3O6. The van der Waals surface area contributed by atoms with Gasteiger partial charge in [0.05, 0.1) is 5.56 Å². The molecule has 0 saturated heterocycles. The first-order valence-electron chi connectivity index (χ1n) is 9.26. The van der Waals surface area contributed by atoms with Crippen molar-refractivity contribution in [2.75, 3.05) is 0 Å². The van der Waals surface area contributed by atoms with Gasteiger partial charge in [-0.1, -0.05) is 31.4 Å². The third-order valence-corrected chi connectivity index (χ3v) is 3.86. The van der Waals surface area contributed by atoms with Crippen molar-refractivity contribution in [2.45, 2.75) is 13.1 Å². The Morgan fingerprint density at radius 1 is 0.879 bits per heavy atom. The Morgan fingerprint density at radius 2 is 1.45 bits per heavy atom. The number of alkyl halides is 3. The lowest BCUT2D eigenvalue weighted by Gasteiger charge is -2.15. The Bertz CT molecular complexity index is 1080. The van der Waals surface area contributed by atoms with E-state index in [4.69, 9.17) is 9.47 Å². The Kier molecular flexibility index (Phi) is 8.62. The Balaban J connectivity index is 2.16. The van der Waals surface area contributed by atoms with Crippen LogP contribution in [0.3, 0.4) is 0 Å². The van der Waals surface area contributed by atoms with Crippen molar-refractivity contribution in [2.24, 2.45) is 0 Å². The molecule has 0 bridgehead atoms. The molecule has 172 valence electrons. The lowest BCUT2D eigenvalue weighted by atomic mass is 9.99. The predicted octanol–water partition coefficient (Wildman–Crippen LogP) is 5.92.